The van der Waals surface area contributed by atoms with Gasteiger partial charge in [-0.2, -0.15) is 0 Å². The Morgan fingerprint density at radius 3 is 2.93 bits per heavy atom. The van der Waals surface area contributed by atoms with Crippen LogP contribution in [-0.2, 0) is 11.2 Å². The van der Waals surface area contributed by atoms with Crippen LogP contribution in [0.25, 0.3) is 0 Å². The van der Waals surface area contributed by atoms with Gasteiger partial charge in [0.2, 0.25) is 5.91 Å². The van der Waals surface area contributed by atoms with E-state index in [0.29, 0.717) is 5.57 Å². The maximum atomic E-state index is 12.9. The van der Waals surface area contributed by atoms with Gasteiger partial charge in [0.25, 0.3) is 0 Å². The first kappa shape index (κ1) is 9.90. The highest BCUT2D eigenvalue weighted by atomic mass is 19.1. The van der Waals surface area contributed by atoms with E-state index in [2.05, 4.69) is 6.58 Å². The van der Waals surface area contributed by atoms with E-state index in [9.17, 15) is 9.18 Å². The molecule has 1 aliphatic rings. The van der Waals surface area contributed by atoms with Crippen LogP contribution in [0, 0.1) is 5.82 Å². The van der Waals surface area contributed by atoms with Crippen molar-refractivity contribution in [1.82, 2.24) is 0 Å². The van der Waals surface area contributed by atoms with Gasteiger partial charge in [-0.15, -0.1) is 0 Å². The highest BCUT2D eigenvalue weighted by Crippen LogP contribution is 2.37. The molecule has 0 spiro atoms. The van der Waals surface area contributed by atoms with Gasteiger partial charge in [-0.1, -0.05) is 12.6 Å². The Balaban J connectivity index is 2.37. The fraction of sp³-hybridized carbons (Fsp3) is 0.250. The highest BCUT2D eigenvalue weighted by molar-refractivity contribution is 5.93. The van der Waals surface area contributed by atoms with Crippen molar-refractivity contribution in [2.24, 2.45) is 5.73 Å². The van der Waals surface area contributed by atoms with Gasteiger partial charge in [0, 0.05) is 11.5 Å². The van der Waals surface area contributed by atoms with Crippen LogP contribution >= 0.6 is 0 Å². The van der Waals surface area contributed by atoms with E-state index in [1.165, 1.54) is 12.1 Å². The zero-order chi connectivity index (χ0) is 11.0. The molecule has 78 valence electrons. The van der Waals surface area contributed by atoms with Gasteiger partial charge >= 0.3 is 0 Å². The third-order valence-corrected chi connectivity index (χ3v) is 2.92. The minimum absolute atomic E-state index is 0.0295. The van der Waals surface area contributed by atoms with Crippen molar-refractivity contribution in [3.8, 4) is 0 Å². The first-order valence-corrected chi connectivity index (χ1v) is 4.86. The van der Waals surface area contributed by atoms with Gasteiger partial charge in [0.05, 0.1) is 0 Å². The van der Waals surface area contributed by atoms with E-state index in [4.69, 9.17) is 5.73 Å². The van der Waals surface area contributed by atoms with Crippen LogP contribution in [0.4, 0.5) is 4.39 Å². The lowest BCUT2D eigenvalue weighted by molar-refractivity contribution is -0.114. The van der Waals surface area contributed by atoms with Crippen LogP contribution < -0.4 is 5.73 Å². The lowest BCUT2D eigenvalue weighted by atomic mass is 9.93. The highest BCUT2D eigenvalue weighted by Gasteiger charge is 2.27. The molecule has 1 atom stereocenters. The minimum Gasteiger partial charge on any atom is -0.366 e. The summed E-state index contributed by atoms with van der Waals surface area (Å²) in [6.45, 7) is 3.69. The molecule has 15 heavy (non-hydrogen) atoms. The van der Waals surface area contributed by atoms with E-state index in [1.54, 1.807) is 6.07 Å². The SMILES string of the molecule is C=C(C(N)=O)C1CCc2cc(F)ccc21. The fourth-order valence-electron chi connectivity index (χ4n) is 2.12. The summed E-state index contributed by atoms with van der Waals surface area (Å²) in [5, 5.41) is 0. The fourth-order valence-corrected chi connectivity index (χ4v) is 2.12. The lowest BCUT2D eigenvalue weighted by Gasteiger charge is -2.11. The third-order valence-electron chi connectivity index (χ3n) is 2.92. The second kappa shape index (κ2) is 3.50. The summed E-state index contributed by atoms with van der Waals surface area (Å²) in [5.74, 6) is -0.741. The van der Waals surface area contributed by atoms with Gasteiger partial charge < -0.3 is 5.73 Å². The zero-order valence-electron chi connectivity index (χ0n) is 8.29. The van der Waals surface area contributed by atoms with Crippen LogP contribution in [0.5, 0.6) is 0 Å². The van der Waals surface area contributed by atoms with E-state index in [0.717, 1.165) is 24.0 Å². The van der Waals surface area contributed by atoms with Crippen LogP contribution in [0.3, 0.4) is 0 Å². The van der Waals surface area contributed by atoms with Crippen LogP contribution in [-0.4, -0.2) is 5.91 Å². The van der Waals surface area contributed by atoms with E-state index in [1.807, 2.05) is 0 Å². The molecule has 0 aliphatic heterocycles. The van der Waals surface area contributed by atoms with Crippen molar-refractivity contribution < 1.29 is 9.18 Å². The number of fused-ring (bicyclic) bond motifs is 1. The van der Waals surface area contributed by atoms with Gasteiger partial charge in [-0.25, -0.2) is 4.39 Å². The number of nitrogens with two attached hydrogens (primary N) is 1. The smallest absolute Gasteiger partial charge is 0.244 e. The molecule has 0 aromatic heterocycles. The average Bonchev–Trinajstić information content (AvgIpc) is 2.59. The Labute approximate surface area is 87.6 Å². The molecule has 1 aromatic carbocycles. The topological polar surface area (TPSA) is 43.1 Å². The molecule has 0 saturated heterocycles. The summed E-state index contributed by atoms with van der Waals surface area (Å²) < 4.78 is 12.9. The van der Waals surface area contributed by atoms with Crippen LogP contribution in [0.2, 0.25) is 0 Å². The van der Waals surface area contributed by atoms with E-state index in [-0.39, 0.29) is 11.7 Å². The molecule has 2 N–H and O–H groups in total. The van der Waals surface area contributed by atoms with Crippen LogP contribution in [0.1, 0.15) is 23.5 Å². The van der Waals surface area contributed by atoms with Gasteiger partial charge in [0.15, 0.2) is 0 Å². The maximum Gasteiger partial charge on any atom is 0.244 e. The number of benzene rings is 1. The van der Waals surface area contributed by atoms with Crippen molar-refractivity contribution in [3.05, 3.63) is 47.3 Å². The molecule has 2 rings (SSSR count). The second-order valence-electron chi connectivity index (χ2n) is 3.82. The normalized spacial score (nSPS) is 18.6. The monoisotopic (exact) mass is 205 g/mol. The molecular weight excluding hydrogens is 193 g/mol. The molecule has 1 amide bonds. The summed E-state index contributed by atoms with van der Waals surface area (Å²) in [4.78, 5) is 11.0. The minimum atomic E-state index is -0.475. The number of carbonyl (C=O) groups excluding carboxylic acids is 1. The predicted molar refractivity (Wildman–Crippen MR) is 55.8 cm³/mol. The number of amides is 1. The van der Waals surface area contributed by atoms with Crippen molar-refractivity contribution in [2.45, 2.75) is 18.8 Å². The molecule has 1 unspecified atom stereocenters. The van der Waals surface area contributed by atoms with E-state index >= 15 is 0 Å². The molecule has 1 aromatic rings. The zero-order valence-corrected chi connectivity index (χ0v) is 8.29. The summed E-state index contributed by atoms with van der Waals surface area (Å²) in [6.07, 6.45) is 1.57. The Hall–Kier alpha value is -1.64. The Kier molecular flexibility index (Phi) is 2.31. The standard InChI is InChI=1S/C12H12FNO/c1-7(12(14)15)10-4-2-8-6-9(13)3-5-11(8)10/h3,5-6,10H,1-2,4H2,(H2,14,15). The van der Waals surface area contributed by atoms with E-state index < -0.39 is 5.91 Å². The largest absolute Gasteiger partial charge is 0.366 e. The summed E-state index contributed by atoms with van der Waals surface area (Å²) in [7, 11) is 0. The van der Waals surface area contributed by atoms with Crippen LogP contribution in [0.15, 0.2) is 30.4 Å². The summed E-state index contributed by atoms with van der Waals surface area (Å²) in [6, 6.07) is 4.64. The molecule has 0 heterocycles. The van der Waals surface area contributed by atoms with Crippen molar-refractivity contribution >= 4 is 5.91 Å². The van der Waals surface area contributed by atoms with Gasteiger partial charge in [0.1, 0.15) is 5.82 Å². The number of hydrogen-bond acceptors (Lipinski definition) is 1. The number of aryl methyl sites for hydroxylation is 1. The molecule has 0 fully saturated rings. The first-order valence-electron chi connectivity index (χ1n) is 4.86. The third kappa shape index (κ3) is 1.65. The molecular formula is C12H12FNO. The summed E-state index contributed by atoms with van der Waals surface area (Å²) in [5.41, 5.74) is 7.55. The Morgan fingerprint density at radius 2 is 2.27 bits per heavy atom. The van der Waals surface area contributed by atoms with Crippen molar-refractivity contribution in [2.75, 3.05) is 0 Å². The Bertz CT molecular complexity index is 439. The molecule has 0 bridgehead atoms. The second-order valence-corrected chi connectivity index (χ2v) is 3.82. The average molecular weight is 205 g/mol. The number of rotatable bonds is 2. The van der Waals surface area contributed by atoms with Crippen molar-refractivity contribution in [1.29, 1.82) is 0 Å². The predicted octanol–water partition coefficient (Wildman–Crippen LogP) is 1.90. The van der Waals surface area contributed by atoms with Gasteiger partial charge in [-0.3, -0.25) is 4.79 Å². The number of carbonyl (C=O) groups is 1. The molecule has 1 aliphatic carbocycles. The lowest BCUT2D eigenvalue weighted by Crippen LogP contribution is -2.17. The molecule has 2 nitrogen and oxygen atoms in total. The number of primary amides is 1. The quantitative estimate of drug-likeness (QED) is 0.736. The number of halogens is 1. The molecule has 0 radical (unpaired) electrons. The molecule has 3 heteroatoms. The summed E-state index contributed by atoms with van der Waals surface area (Å²) >= 11 is 0. The Morgan fingerprint density at radius 1 is 1.53 bits per heavy atom. The molecule has 0 saturated carbocycles. The maximum absolute atomic E-state index is 12.9. The first-order chi connectivity index (χ1) is 7.09. The number of hydrogen-bond donors (Lipinski definition) is 1. The van der Waals surface area contributed by atoms with Gasteiger partial charge in [-0.05, 0) is 36.1 Å². The van der Waals surface area contributed by atoms with Crippen molar-refractivity contribution in [3.63, 3.8) is 0 Å².